The second kappa shape index (κ2) is 4.73. The highest BCUT2D eigenvalue weighted by atomic mass is 79.9. The van der Waals surface area contributed by atoms with Crippen LogP contribution in [0.5, 0.6) is 0 Å². The Hall–Kier alpha value is -0.350. The van der Waals surface area contributed by atoms with Gasteiger partial charge in [-0.05, 0) is 33.3 Å². The highest BCUT2D eigenvalue weighted by Crippen LogP contribution is 2.35. The maximum absolute atomic E-state index is 12.0. The van der Waals surface area contributed by atoms with Crippen LogP contribution in [0.25, 0.3) is 0 Å². The van der Waals surface area contributed by atoms with E-state index in [-0.39, 0.29) is 5.41 Å². The number of halogens is 1. The van der Waals surface area contributed by atoms with Crippen molar-refractivity contribution < 1.29 is 4.79 Å². The second-order valence-corrected chi connectivity index (χ2v) is 7.68. The summed E-state index contributed by atoms with van der Waals surface area (Å²) in [5.41, 5.74) is 0.223. The molecule has 1 aromatic rings. The summed E-state index contributed by atoms with van der Waals surface area (Å²) in [6, 6.07) is 2.10. The Labute approximate surface area is 115 Å². The van der Waals surface area contributed by atoms with Crippen LogP contribution in [-0.4, -0.2) is 17.4 Å². The molecule has 1 saturated heterocycles. The fraction of sp³-hybridized carbons (Fsp3) is 0.615. The van der Waals surface area contributed by atoms with E-state index in [4.69, 9.17) is 0 Å². The van der Waals surface area contributed by atoms with Crippen molar-refractivity contribution in [1.29, 1.82) is 0 Å². The van der Waals surface area contributed by atoms with E-state index in [1.54, 1.807) is 11.3 Å². The molecule has 1 fully saturated rings. The molecule has 4 heteroatoms. The van der Waals surface area contributed by atoms with Crippen LogP contribution in [0.1, 0.15) is 32.1 Å². The highest BCUT2D eigenvalue weighted by molar-refractivity contribution is 9.10. The fourth-order valence-corrected chi connectivity index (χ4v) is 3.60. The summed E-state index contributed by atoms with van der Waals surface area (Å²) in [5, 5.41) is 2.07. The lowest BCUT2D eigenvalue weighted by Gasteiger charge is -2.26. The summed E-state index contributed by atoms with van der Waals surface area (Å²) in [6.45, 7) is 8.32. The predicted octanol–water partition coefficient (Wildman–Crippen LogP) is 3.91. The summed E-state index contributed by atoms with van der Waals surface area (Å²) in [7, 11) is 0. The number of likely N-dealkylation sites (tertiary alicyclic amines) is 1. The lowest BCUT2D eigenvalue weighted by atomic mass is 9.80. The van der Waals surface area contributed by atoms with Gasteiger partial charge in [-0.2, -0.15) is 0 Å². The molecule has 0 N–H and O–H groups in total. The van der Waals surface area contributed by atoms with Crippen LogP contribution in [0.3, 0.4) is 0 Å². The largest absolute Gasteiger partial charge is 0.337 e. The van der Waals surface area contributed by atoms with Gasteiger partial charge >= 0.3 is 0 Å². The van der Waals surface area contributed by atoms with Gasteiger partial charge < -0.3 is 4.90 Å². The molecule has 1 aliphatic heterocycles. The summed E-state index contributed by atoms with van der Waals surface area (Å²) in [5.74, 6) is 0.785. The summed E-state index contributed by atoms with van der Waals surface area (Å²) >= 11 is 5.15. The number of thiophene rings is 1. The molecule has 0 saturated carbocycles. The van der Waals surface area contributed by atoms with Crippen molar-refractivity contribution in [3.05, 3.63) is 20.8 Å². The number of nitrogens with zero attached hydrogens (tertiary/aromatic N) is 1. The van der Waals surface area contributed by atoms with Crippen molar-refractivity contribution >= 4 is 33.2 Å². The van der Waals surface area contributed by atoms with Gasteiger partial charge in [0.15, 0.2) is 0 Å². The Bertz CT molecular complexity index is 421. The van der Waals surface area contributed by atoms with Crippen molar-refractivity contribution in [2.45, 2.75) is 33.7 Å². The molecule has 94 valence electrons. The van der Waals surface area contributed by atoms with Gasteiger partial charge in [0, 0.05) is 27.7 Å². The van der Waals surface area contributed by atoms with Gasteiger partial charge in [-0.15, -0.1) is 11.3 Å². The summed E-state index contributed by atoms with van der Waals surface area (Å²) in [6.07, 6.45) is 0.704. The van der Waals surface area contributed by atoms with E-state index in [1.807, 2.05) is 4.90 Å². The number of hydrogen-bond donors (Lipinski definition) is 0. The smallest absolute Gasteiger partial charge is 0.223 e. The van der Waals surface area contributed by atoms with Crippen LogP contribution >= 0.6 is 27.3 Å². The molecule has 0 bridgehead atoms. The molecule has 2 heterocycles. The van der Waals surface area contributed by atoms with E-state index < -0.39 is 0 Å². The first-order valence-electron chi connectivity index (χ1n) is 5.87. The molecule has 2 nitrogen and oxygen atoms in total. The molecular weight excluding hydrogens is 298 g/mol. The molecule has 17 heavy (non-hydrogen) atoms. The third-order valence-electron chi connectivity index (χ3n) is 3.41. The van der Waals surface area contributed by atoms with Crippen molar-refractivity contribution in [3.8, 4) is 0 Å². The van der Waals surface area contributed by atoms with Crippen molar-refractivity contribution in [3.63, 3.8) is 0 Å². The van der Waals surface area contributed by atoms with Gasteiger partial charge in [0.1, 0.15) is 0 Å². The van der Waals surface area contributed by atoms with Crippen LogP contribution in [0, 0.1) is 11.3 Å². The Morgan fingerprint density at radius 3 is 2.71 bits per heavy atom. The Balaban J connectivity index is 2.02. The van der Waals surface area contributed by atoms with Crippen molar-refractivity contribution in [2.75, 3.05) is 6.54 Å². The quantitative estimate of drug-likeness (QED) is 0.810. The third kappa shape index (κ3) is 3.10. The Kier molecular flexibility index (Phi) is 3.64. The lowest BCUT2D eigenvalue weighted by Crippen LogP contribution is -2.27. The zero-order chi connectivity index (χ0) is 12.6. The normalized spacial score (nSPS) is 21.3. The van der Waals surface area contributed by atoms with E-state index in [0.29, 0.717) is 18.2 Å². The van der Waals surface area contributed by atoms with Gasteiger partial charge in [0.25, 0.3) is 0 Å². The molecule has 0 aromatic carbocycles. The predicted molar refractivity (Wildman–Crippen MR) is 75.0 cm³/mol. The molecule has 1 amide bonds. The zero-order valence-corrected chi connectivity index (χ0v) is 12.9. The minimum atomic E-state index is 0.223. The highest BCUT2D eigenvalue weighted by Gasteiger charge is 2.36. The first kappa shape index (κ1) is 13.1. The molecule has 1 atom stereocenters. The van der Waals surface area contributed by atoms with Crippen LogP contribution in [0.4, 0.5) is 0 Å². The Morgan fingerprint density at radius 2 is 2.24 bits per heavy atom. The zero-order valence-electron chi connectivity index (χ0n) is 10.5. The SMILES string of the molecule is CC(C)(C)C1CC(=O)N(Cc2cc(Br)cs2)C1. The molecule has 2 rings (SSSR count). The fourth-order valence-electron chi connectivity index (χ4n) is 2.13. The van der Waals surface area contributed by atoms with Gasteiger partial charge in [0.05, 0.1) is 6.54 Å². The molecule has 0 spiro atoms. The standard InChI is InChI=1S/C13H18BrNOS/c1-13(2,3)9-4-12(16)15(6-9)7-11-5-10(14)8-17-11/h5,8-9H,4,6-7H2,1-3H3. The first-order chi connectivity index (χ1) is 7.86. The van der Waals surface area contributed by atoms with E-state index in [1.165, 1.54) is 4.88 Å². The first-order valence-corrected chi connectivity index (χ1v) is 7.54. The summed E-state index contributed by atoms with van der Waals surface area (Å²) in [4.78, 5) is 15.2. The van der Waals surface area contributed by atoms with Crippen LogP contribution in [-0.2, 0) is 11.3 Å². The van der Waals surface area contributed by atoms with Crippen LogP contribution in [0.2, 0.25) is 0 Å². The minimum Gasteiger partial charge on any atom is -0.337 e. The van der Waals surface area contributed by atoms with Gasteiger partial charge in [-0.1, -0.05) is 20.8 Å². The van der Waals surface area contributed by atoms with Gasteiger partial charge in [-0.25, -0.2) is 0 Å². The molecular formula is C13H18BrNOS. The van der Waals surface area contributed by atoms with Gasteiger partial charge in [-0.3, -0.25) is 4.79 Å². The number of carbonyl (C=O) groups is 1. The third-order valence-corrected chi connectivity index (χ3v) is 5.09. The molecule has 1 aliphatic rings. The van der Waals surface area contributed by atoms with Crippen molar-refractivity contribution in [2.24, 2.45) is 11.3 Å². The number of hydrogen-bond acceptors (Lipinski definition) is 2. The average Bonchev–Trinajstić information content (AvgIpc) is 2.74. The van der Waals surface area contributed by atoms with Crippen LogP contribution in [0.15, 0.2) is 15.9 Å². The number of rotatable bonds is 2. The maximum Gasteiger partial charge on any atom is 0.223 e. The lowest BCUT2D eigenvalue weighted by molar-refractivity contribution is -0.128. The molecule has 0 radical (unpaired) electrons. The average molecular weight is 316 g/mol. The summed E-state index contributed by atoms with van der Waals surface area (Å²) < 4.78 is 1.11. The topological polar surface area (TPSA) is 20.3 Å². The van der Waals surface area contributed by atoms with Crippen LogP contribution < -0.4 is 0 Å². The molecule has 1 unspecified atom stereocenters. The Morgan fingerprint density at radius 1 is 1.53 bits per heavy atom. The van der Waals surface area contributed by atoms with E-state index in [0.717, 1.165) is 17.6 Å². The van der Waals surface area contributed by atoms with E-state index >= 15 is 0 Å². The second-order valence-electron chi connectivity index (χ2n) is 5.77. The van der Waals surface area contributed by atoms with Crippen molar-refractivity contribution in [1.82, 2.24) is 4.90 Å². The number of carbonyl (C=O) groups excluding carboxylic acids is 1. The van der Waals surface area contributed by atoms with E-state index in [9.17, 15) is 4.79 Å². The number of amides is 1. The maximum atomic E-state index is 12.0. The minimum absolute atomic E-state index is 0.223. The van der Waals surface area contributed by atoms with E-state index in [2.05, 4.69) is 48.1 Å². The van der Waals surface area contributed by atoms with Gasteiger partial charge in [0.2, 0.25) is 5.91 Å². The molecule has 1 aromatic heterocycles. The molecule has 0 aliphatic carbocycles. The monoisotopic (exact) mass is 315 g/mol.